The summed E-state index contributed by atoms with van der Waals surface area (Å²) in [7, 11) is 0. The lowest BCUT2D eigenvalue weighted by molar-refractivity contribution is -0.384. The number of aliphatic imine (C=N–C) groups is 1. The van der Waals surface area contributed by atoms with Crippen molar-refractivity contribution < 1.29 is 14.5 Å². The molecule has 1 fully saturated rings. The van der Waals surface area contributed by atoms with Crippen molar-refractivity contribution >= 4 is 23.0 Å². The van der Waals surface area contributed by atoms with Crippen LogP contribution in [0.5, 0.6) is 0 Å². The number of amides is 1. The lowest BCUT2D eigenvalue weighted by atomic mass is 9.79. The molecule has 0 aromatic heterocycles. The first kappa shape index (κ1) is 22.8. The van der Waals surface area contributed by atoms with Gasteiger partial charge in [-0.2, -0.15) is 0 Å². The van der Waals surface area contributed by atoms with Crippen molar-refractivity contribution in [2.45, 2.75) is 12.8 Å². The molecule has 1 saturated heterocycles. The average Bonchev–Trinajstić information content (AvgIpc) is 2.84. The van der Waals surface area contributed by atoms with Crippen LogP contribution in [0.25, 0.3) is 5.70 Å². The number of hydrogen-bond acceptors (Lipinski definition) is 6. The Balaban J connectivity index is 1.59. The first-order valence-electron chi connectivity index (χ1n) is 11.2. The number of nitro benzene ring substituents is 1. The maximum atomic E-state index is 13.3. The molecule has 2 aliphatic heterocycles. The zero-order valence-electron chi connectivity index (χ0n) is 18.6. The molecule has 8 heteroatoms. The van der Waals surface area contributed by atoms with E-state index < -0.39 is 10.8 Å². The molecule has 2 heterocycles. The van der Waals surface area contributed by atoms with E-state index in [1.165, 1.54) is 6.07 Å². The zero-order chi connectivity index (χ0) is 23.2. The van der Waals surface area contributed by atoms with Crippen LogP contribution in [0.15, 0.2) is 65.7 Å². The van der Waals surface area contributed by atoms with Crippen molar-refractivity contribution in [2.24, 2.45) is 10.9 Å². The van der Waals surface area contributed by atoms with E-state index in [9.17, 15) is 14.9 Å². The van der Waals surface area contributed by atoms with Crippen LogP contribution in [0.1, 0.15) is 24.0 Å². The van der Waals surface area contributed by atoms with E-state index in [1.807, 2.05) is 49.4 Å². The molecule has 1 N–H and O–H groups in total. The number of ether oxygens (including phenoxy) is 1. The Kier molecular flexibility index (Phi) is 7.26. The van der Waals surface area contributed by atoms with Crippen LogP contribution in [0, 0.1) is 16.0 Å². The predicted molar refractivity (Wildman–Crippen MR) is 127 cm³/mol. The highest BCUT2D eigenvalue weighted by atomic mass is 16.6. The van der Waals surface area contributed by atoms with Gasteiger partial charge in [0.15, 0.2) is 0 Å². The number of hydrogen-bond donors (Lipinski definition) is 1. The lowest BCUT2D eigenvalue weighted by Crippen LogP contribution is -2.44. The molecular formula is C25H28N4O4. The van der Waals surface area contributed by atoms with Gasteiger partial charge in [0.25, 0.3) is 5.69 Å². The Labute approximate surface area is 193 Å². The summed E-state index contributed by atoms with van der Waals surface area (Å²) >= 11 is 0. The number of rotatable bonds is 7. The number of nitrogens with zero attached hydrogens (tertiary/aromatic N) is 3. The molecule has 0 spiro atoms. The monoisotopic (exact) mass is 448 g/mol. The van der Waals surface area contributed by atoms with Crippen molar-refractivity contribution in [1.29, 1.82) is 0 Å². The third kappa shape index (κ3) is 5.53. The highest BCUT2D eigenvalue weighted by Crippen LogP contribution is 2.37. The highest BCUT2D eigenvalue weighted by Gasteiger charge is 2.34. The van der Waals surface area contributed by atoms with Gasteiger partial charge >= 0.3 is 0 Å². The average molecular weight is 449 g/mol. The molecule has 0 bridgehead atoms. The van der Waals surface area contributed by atoms with Crippen molar-refractivity contribution in [3.05, 3.63) is 81.9 Å². The third-order valence-corrected chi connectivity index (χ3v) is 6.09. The summed E-state index contributed by atoms with van der Waals surface area (Å²) in [5.74, 6) is -1.02. The van der Waals surface area contributed by atoms with Crippen molar-refractivity contribution in [1.82, 2.24) is 10.2 Å². The second-order valence-corrected chi connectivity index (χ2v) is 8.27. The molecule has 1 amide bonds. The number of carbonyl (C=O) groups excluding carboxylic acids is 1. The lowest BCUT2D eigenvalue weighted by Gasteiger charge is -2.30. The van der Waals surface area contributed by atoms with Gasteiger partial charge in [0.1, 0.15) is 0 Å². The maximum Gasteiger partial charge on any atom is 0.269 e. The minimum atomic E-state index is -0.538. The van der Waals surface area contributed by atoms with Gasteiger partial charge in [0.05, 0.1) is 29.8 Å². The molecule has 0 radical (unpaired) electrons. The summed E-state index contributed by atoms with van der Waals surface area (Å²) in [5.41, 5.74) is 3.13. The Morgan fingerprint density at radius 3 is 2.67 bits per heavy atom. The predicted octanol–water partition coefficient (Wildman–Crippen LogP) is 3.26. The maximum absolute atomic E-state index is 13.3. The first-order valence-corrected chi connectivity index (χ1v) is 11.2. The molecule has 8 nitrogen and oxygen atoms in total. The fourth-order valence-electron chi connectivity index (χ4n) is 4.35. The van der Waals surface area contributed by atoms with Gasteiger partial charge in [0, 0.05) is 49.9 Å². The standard InChI is InChI=1S/C25H28N4O4/c1-18-24(25(30)26-10-11-28-12-14-33-15-13-28)22(20-8-5-9-21(16-20)29(31)32)17-23(27-18)19-6-3-2-4-7-19/h2-9,16-17,22,24H,10-15H2,1H3,(H,26,30). The molecule has 2 unspecified atom stereocenters. The summed E-state index contributed by atoms with van der Waals surface area (Å²) in [6.45, 7) is 6.28. The summed E-state index contributed by atoms with van der Waals surface area (Å²) in [5, 5.41) is 14.4. The summed E-state index contributed by atoms with van der Waals surface area (Å²) in [6.07, 6.45) is 1.95. The van der Waals surface area contributed by atoms with E-state index in [0.29, 0.717) is 25.5 Å². The summed E-state index contributed by atoms with van der Waals surface area (Å²) in [4.78, 5) is 31.3. The topological polar surface area (TPSA) is 97.1 Å². The van der Waals surface area contributed by atoms with Gasteiger partial charge in [-0.25, -0.2) is 0 Å². The highest BCUT2D eigenvalue weighted by molar-refractivity contribution is 6.07. The zero-order valence-corrected chi connectivity index (χ0v) is 18.6. The van der Waals surface area contributed by atoms with E-state index in [2.05, 4.69) is 10.2 Å². The second kappa shape index (κ2) is 10.5. The van der Waals surface area contributed by atoms with E-state index in [1.54, 1.807) is 12.1 Å². The Bertz CT molecular complexity index is 1060. The van der Waals surface area contributed by atoms with Crippen LogP contribution >= 0.6 is 0 Å². The number of non-ortho nitro benzene ring substituents is 1. The smallest absolute Gasteiger partial charge is 0.269 e. The van der Waals surface area contributed by atoms with Gasteiger partial charge in [-0.15, -0.1) is 0 Å². The largest absolute Gasteiger partial charge is 0.379 e. The Morgan fingerprint density at radius 1 is 1.18 bits per heavy atom. The van der Waals surface area contributed by atoms with Crippen LogP contribution < -0.4 is 5.32 Å². The van der Waals surface area contributed by atoms with E-state index >= 15 is 0 Å². The van der Waals surface area contributed by atoms with Crippen molar-refractivity contribution in [2.75, 3.05) is 39.4 Å². The Morgan fingerprint density at radius 2 is 1.94 bits per heavy atom. The van der Waals surface area contributed by atoms with Crippen LogP contribution in [0.4, 0.5) is 5.69 Å². The quantitative estimate of drug-likeness (QED) is 0.518. The molecule has 0 aliphatic carbocycles. The third-order valence-electron chi connectivity index (χ3n) is 6.09. The van der Waals surface area contributed by atoms with E-state index in [0.717, 1.165) is 36.5 Å². The van der Waals surface area contributed by atoms with Gasteiger partial charge in [-0.1, -0.05) is 42.5 Å². The second-order valence-electron chi connectivity index (χ2n) is 8.27. The number of nitro groups is 1. The van der Waals surface area contributed by atoms with Crippen molar-refractivity contribution in [3.63, 3.8) is 0 Å². The van der Waals surface area contributed by atoms with Gasteiger partial charge in [0.2, 0.25) is 5.91 Å². The van der Waals surface area contributed by atoms with Gasteiger partial charge < -0.3 is 10.1 Å². The van der Waals surface area contributed by atoms with Gasteiger partial charge in [-0.3, -0.25) is 24.8 Å². The number of morpholine rings is 1. The molecule has 0 saturated carbocycles. The summed E-state index contributed by atoms with van der Waals surface area (Å²) in [6, 6.07) is 16.3. The number of nitrogens with one attached hydrogen (secondary N) is 1. The Hall–Kier alpha value is -3.36. The normalized spacial score (nSPS) is 21.1. The number of carbonyl (C=O) groups is 1. The van der Waals surface area contributed by atoms with Gasteiger partial charge in [-0.05, 0) is 24.1 Å². The van der Waals surface area contributed by atoms with Crippen LogP contribution in [-0.2, 0) is 9.53 Å². The molecule has 4 rings (SSSR count). The fourth-order valence-corrected chi connectivity index (χ4v) is 4.35. The number of allylic oxidation sites excluding steroid dienone is 1. The minimum absolute atomic E-state index is 0.00815. The van der Waals surface area contributed by atoms with E-state index in [4.69, 9.17) is 9.73 Å². The first-order chi connectivity index (χ1) is 16.0. The molecule has 33 heavy (non-hydrogen) atoms. The molecule has 2 aliphatic rings. The summed E-state index contributed by atoms with van der Waals surface area (Å²) < 4.78 is 5.37. The van der Waals surface area contributed by atoms with Crippen LogP contribution in [-0.4, -0.2) is 60.8 Å². The van der Waals surface area contributed by atoms with Crippen LogP contribution in [0.2, 0.25) is 0 Å². The van der Waals surface area contributed by atoms with Crippen molar-refractivity contribution in [3.8, 4) is 0 Å². The molecular weight excluding hydrogens is 420 g/mol. The molecule has 2 aromatic rings. The number of benzene rings is 2. The van der Waals surface area contributed by atoms with Crippen LogP contribution in [0.3, 0.4) is 0 Å². The SMILES string of the molecule is CC1=NC(c2ccccc2)=CC(c2cccc([N+](=O)[O-])c2)C1C(=O)NCCN1CCOCC1. The van der Waals surface area contributed by atoms with E-state index in [-0.39, 0.29) is 17.5 Å². The molecule has 2 aromatic carbocycles. The molecule has 2 atom stereocenters. The molecule has 172 valence electrons. The minimum Gasteiger partial charge on any atom is -0.379 e. The fraction of sp³-hybridized carbons (Fsp3) is 0.360.